The average molecular weight is 613 g/mol. The van der Waals surface area contributed by atoms with Crippen molar-refractivity contribution < 1.29 is 18.4 Å². The van der Waals surface area contributed by atoms with Gasteiger partial charge in [0.25, 0.3) is 11.1 Å². The van der Waals surface area contributed by atoms with Crippen LogP contribution in [-0.2, 0) is 17.9 Å². The summed E-state index contributed by atoms with van der Waals surface area (Å²) in [4.78, 5) is 39.8. The van der Waals surface area contributed by atoms with Gasteiger partial charge in [0.1, 0.15) is 11.6 Å². The first-order chi connectivity index (χ1) is 21.4. The van der Waals surface area contributed by atoms with Crippen molar-refractivity contribution in [2.75, 3.05) is 4.90 Å². The van der Waals surface area contributed by atoms with Crippen LogP contribution >= 0.6 is 11.8 Å². The standard InChI is InChI=1S/C33H30F2N6O2S/c34-27-7-4-8-28(35)30(27)26-14-15-36-18-22(26)19-38-23-9-11-25(12-10-23)41(20-21-5-2-1-3-6-21)32-37-16-13-24(39-32)17-29-31(42)40-33(43)44-29/h1-8,13-18,23,25,38H,9-12,19-20H2,(H,40,42,43)/b29-17-. The van der Waals surface area contributed by atoms with Crippen molar-refractivity contribution in [1.82, 2.24) is 25.6 Å². The first kappa shape index (κ1) is 29.6. The molecule has 44 heavy (non-hydrogen) atoms. The van der Waals surface area contributed by atoms with Crippen molar-refractivity contribution in [3.8, 4) is 11.1 Å². The van der Waals surface area contributed by atoms with Crippen LogP contribution in [-0.4, -0.2) is 38.2 Å². The minimum Gasteiger partial charge on any atom is -0.333 e. The van der Waals surface area contributed by atoms with Gasteiger partial charge in [-0.1, -0.05) is 36.4 Å². The summed E-state index contributed by atoms with van der Waals surface area (Å²) in [5.74, 6) is -1.07. The van der Waals surface area contributed by atoms with E-state index in [-0.39, 0.29) is 17.6 Å². The normalized spacial score (nSPS) is 19.3. The number of nitrogens with one attached hydrogen (secondary N) is 2. The van der Waals surface area contributed by atoms with Gasteiger partial charge in [-0.2, -0.15) is 0 Å². The van der Waals surface area contributed by atoms with Crippen LogP contribution in [0.1, 0.15) is 42.5 Å². The van der Waals surface area contributed by atoms with Crippen molar-refractivity contribution in [2.24, 2.45) is 0 Å². The predicted molar refractivity (Wildman–Crippen MR) is 166 cm³/mol. The molecular weight excluding hydrogens is 582 g/mol. The fourth-order valence-electron chi connectivity index (χ4n) is 5.69. The molecule has 2 fully saturated rings. The SMILES string of the molecule is O=C1NC(=O)/C(=C/c2ccnc(N(Cc3ccccc3)C3CCC(NCc4cnccc4-c4c(F)cccc4F)CC3)n2)S1. The van der Waals surface area contributed by atoms with Crippen LogP contribution in [0.25, 0.3) is 17.2 Å². The Morgan fingerprint density at radius 3 is 2.45 bits per heavy atom. The maximum atomic E-state index is 14.6. The minimum atomic E-state index is -0.599. The van der Waals surface area contributed by atoms with E-state index < -0.39 is 22.8 Å². The first-order valence-corrected chi connectivity index (χ1v) is 15.3. The van der Waals surface area contributed by atoms with Gasteiger partial charge < -0.3 is 10.2 Å². The summed E-state index contributed by atoms with van der Waals surface area (Å²) >= 11 is 0.857. The van der Waals surface area contributed by atoms with E-state index >= 15 is 0 Å². The van der Waals surface area contributed by atoms with Crippen LogP contribution in [0.2, 0.25) is 0 Å². The number of amides is 2. The number of hydrogen-bond acceptors (Lipinski definition) is 8. The number of halogens is 2. The highest BCUT2D eigenvalue weighted by atomic mass is 32.2. The third-order valence-electron chi connectivity index (χ3n) is 7.89. The highest BCUT2D eigenvalue weighted by Gasteiger charge is 2.29. The van der Waals surface area contributed by atoms with E-state index in [4.69, 9.17) is 4.98 Å². The van der Waals surface area contributed by atoms with E-state index in [1.807, 2.05) is 18.2 Å². The van der Waals surface area contributed by atoms with Crippen LogP contribution in [0.3, 0.4) is 0 Å². The van der Waals surface area contributed by atoms with Crippen LogP contribution in [0, 0.1) is 11.6 Å². The summed E-state index contributed by atoms with van der Waals surface area (Å²) in [6, 6.07) is 17.8. The number of benzene rings is 2. The van der Waals surface area contributed by atoms with Crippen molar-refractivity contribution in [3.63, 3.8) is 0 Å². The molecule has 0 unspecified atom stereocenters. The predicted octanol–water partition coefficient (Wildman–Crippen LogP) is 6.25. The number of aromatic nitrogens is 3. The maximum Gasteiger partial charge on any atom is 0.290 e. The Morgan fingerprint density at radius 2 is 1.73 bits per heavy atom. The Hall–Kier alpha value is -4.48. The fraction of sp³-hybridized carbons (Fsp3) is 0.242. The number of hydrogen-bond donors (Lipinski definition) is 2. The van der Waals surface area contributed by atoms with Gasteiger partial charge in [0, 0.05) is 43.8 Å². The molecule has 1 saturated heterocycles. The Kier molecular flexibility index (Phi) is 9.04. The van der Waals surface area contributed by atoms with Gasteiger partial charge in [-0.3, -0.25) is 19.9 Å². The average Bonchev–Trinajstić information content (AvgIpc) is 3.36. The third-order valence-corrected chi connectivity index (χ3v) is 8.70. The van der Waals surface area contributed by atoms with Gasteiger partial charge in [0.15, 0.2) is 0 Å². The van der Waals surface area contributed by atoms with E-state index in [0.29, 0.717) is 35.2 Å². The van der Waals surface area contributed by atoms with Crippen molar-refractivity contribution in [3.05, 3.63) is 113 Å². The first-order valence-electron chi connectivity index (χ1n) is 14.4. The molecule has 6 rings (SSSR count). The van der Waals surface area contributed by atoms with Gasteiger partial charge in [-0.05, 0) is 84.5 Å². The fourth-order valence-corrected chi connectivity index (χ4v) is 6.36. The van der Waals surface area contributed by atoms with Gasteiger partial charge in [0.05, 0.1) is 16.2 Å². The molecule has 4 aromatic rings. The number of pyridine rings is 1. The quantitative estimate of drug-likeness (QED) is 0.214. The van der Waals surface area contributed by atoms with Gasteiger partial charge in [-0.25, -0.2) is 18.7 Å². The summed E-state index contributed by atoms with van der Waals surface area (Å²) < 4.78 is 29.1. The highest BCUT2D eigenvalue weighted by Crippen LogP contribution is 2.31. The lowest BCUT2D eigenvalue weighted by molar-refractivity contribution is -0.115. The second-order valence-corrected chi connectivity index (χ2v) is 11.8. The van der Waals surface area contributed by atoms with E-state index in [2.05, 4.69) is 37.6 Å². The zero-order valence-corrected chi connectivity index (χ0v) is 24.6. The molecule has 0 radical (unpaired) electrons. The van der Waals surface area contributed by atoms with Crippen LogP contribution in [0.5, 0.6) is 0 Å². The molecule has 0 bridgehead atoms. The zero-order chi connectivity index (χ0) is 30.5. The number of carbonyl (C=O) groups is 2. The van der Waals surface area contributed by atoms with E-state index in [1.54, 1.807) is 36.8 Å². The number of carbonyl (C=O) groups excluding carboxylic acids is 2. The number of anilines is 1. The molecular formula is C33H30F2N6O2S. The second kappa shape index (κ2) is 13.4. The van der Waals surface area contributed by atoms with Gasteiger partial charge in [-0.15, -0.1) is 0 Å². The Morgan fingerprint density at radius 1 is 0.955 bits per heavy atom. The molecule has 1 aliphatic carbocycles. The Bertz CT molecular complexity index is 1670. The molecule has 3 heterocycles. The molecule has 224 valence electrons. The maximum absolute atomic E-state index is 14.6. The molecule has 1 saturated carbocycles. The monoisotopic (exact) mass is 612 g/mol. The Balaban J connectivity index is 1.16. The van der Waals surface area contributed by atoms with Crippen LogP contribution in [0.15, 0.2) is 84.2 Å². The zero-order valence-electron chi connectivity index (χ0n) is 23.7. The third kappa shape index (κ3) is 6.84. The largest absolute Gasteiger partial charge is 0.333 e. The Labute approximate surface area is 258 Å². The topological polar surface area (TPSA) is 100 Å². The van der Waals surface area contributed by atoms with E-state index in [9.17, 15) is 18.4 Å². The van der Waals surface area contributed by atoms with Crippen LogP contribution in [0.4, 0.5) is 19.5 Å². The van der Waals surface area contributed by atoms with Gasteiger partial charge >= 0.3 is 0 Å². The number of imide groups is 1. The number of rotatable bonds is 9. The molecule has 2 amide bonds. The van der Waals surface area contributed by atoms with Crippen molar-refractivity contribution >= 4 is 34.9 Å². The van der Waals surface area contributed by atoms with Gasteiger partial charge in [0.2, 0.25) is 5.95 Å². The summed E-state index contributed by atoms with van der Waals surface area (Å²) in [7, 11) is 0. The molecule has 2 aliphatic rings. The summed E-state index contributed by atoms with van der Waals surface area (Å²) in [5.41, 5.74) is 2.87. The minimum absolute atomic E-state index is 0.0383. The second-order valence-electron chi connectivity index (χ2n) is 10.8. The summed E-state index contributed by atoms with van der Waals surface area (Å²) in [6.45, 7) is 1.05. The van der Waals surface area contributed by atoms with Crippen LogP contribution < -0.4 is 15.5 Å². The lowest BCUT2D eigenvalue weighted by Gasteiger charge is -2.37. The molecule has 11 heteroatoms. The van der Waals surface area contributed by atoms with Crippen molar-refractivity contribution in [2.45, 2.75) is 50.9 Å². The van der Waals surface area contributed by atoms with E-state index in [1.165, 1.54) is 18.2 Å². The molecule has 2 aromatic carbocycles. The molecule has 0 spiro atoms. The highest BCUT2D eigenvalue weighted by molar-refractivity contribution is 8.18. The lowest BCUT2D eigenvalue weighted by Crippen LogP contribution is -2.43. The summed E-state index contributed by atoms with van der Waals surface area (Å²) in [6.07, 6.45) is 10.0. The van der Waals surface area contributed by atoms with E-state index in [0.717, 1.165) is 48.6 Å². The van der Waals surface area contributed by atoms with Crippen molar-refractivity contribution in [1.29, 1.82) is 0 Å². The number of thioether (sulfide) groups is 1. The molecule has 2 N–H and O–H groups in total. The number of nitrogens with zero attached hydrogens (tertiary/aromatic N) is 4. The molecule has 1 aliphatic heterocycles. The molecule has 0 atom stereocenters. The smallest absolute Gasteiger partial charge is 0.290 e. The summed E-state index contributed by atoms with van der Waals surface area (Å²) in [5, 5.41) is 5.46. The molecule has 8 nitrogen and oxygen atoms in total. The lowest BCUT2D eigenvalue weighted by atomic mass is 9.89. The molecule has 2 aromatic heterocycles.